The molecule has 0 saturated carbocycles. The van der Waals surface area contributed by atoms with Gasteiger partial charge in [-0.3, -0.25) is 19.8 Å². The molecule has 136 valence electrons. The molecule has 0 aromatic heterocycles. The van der Waals surface area contributed by atoms with Gasteiger partial charge in [0.2, 0.25) is 0 Å². The minimum absolute atomic E-state index is 0.0488. The van der Waals surface area contributed by atoms with Gasteiger partial charge < -0.3 is 10.2 Å². The minimum Gasteiger partial charge on any atom is -0.506 e. The maximum absolute atomic E-state index is 12.8. The number of hydrogen-bond donors (Lipinski definition) is 3. The van der Waals surface area contributed by atoms with E-state index in [0.717, 1.165) is 4.90 Å². The Morgan fingerprint density at radius 2 is 1.81 bits per heavy atom. The highest BCUT2D eigenvalue weighted by Gasteiger charge is 2.34. The molecule has 1 aliphatic rings. The molecule has 7 nitrogen and oxygen atoms in total. The number of phenols is 1. The average Bonchev–Trinajstić information content (AvgIpc) is 2.62. The molecular weight excluding hydrogens is 392 g/mol. The van der Waals surface area contributed by atoms with Crippen molar-refractivity contribution >= 4 is 58.5 Å². The summed E-state index contributed by atoms with van der Waals surface area (Å²) in [5, 5.41) is 20.8. The first-order valence-corrected chi connectivity index (χ1v) is 8.30. The van der Waals surface area contributed by atoms with Gasteiger partial charge in [-0.15, -0.1) is 0 Å². The highest BCUT2D eigenvalue weighted by molar-refractivity contribution is 7.80. The molecule has 0 unspecified atom stereocenters. The molecule has 3 rings (SSSR count). The number of thiocarbonyl (C=S) groups is 1. The van der Waals surface area contributed by atoms with Crippen molar-refractivity contribution in [2.24, 2.45) is 0 Å². The van der Waals surface area contributed by atoms with Crippen LogP contribution >= 0.6 is 23.8 Å². The zero-order valence-electron chi connectivity index (χ0n) is 13.5. The number of aromatic carboxylic acids is 1. The number of carbonyl (C=O) groups excluding carboxylic acids is 2. The summed E-state index contributed by atoms with van der Waals surface area (Å²) in [6.45, 7) is 0. The van der Waals surface area contributed by atoms with Crippen LogP contribution in [0.1, 0.15) is 15.9 Å². The van der Waals surface area contributed by atoms with Crippen LogP contribution in [0, 0.1) is 0 Å². The second-order valence-electron chi connectivity index (χ2n) is 5.52. The van der Waals surface area contributed by atoms with Crippen molar-refractivity contribution in [3.8, 4) is 5.75 Å². The summed E-state index contributed by atoms with van der Waals surface area (Å²) in [6, 6.07) is 9.73. The van der Waals surface area contributed by atoms with Gasteiger partial charge in [0.15, 0.2) is 5.11 Å². The maximum atomic E-state index is 12.8. The molecular formula is C18H11ClN2O5S. The van der Waals surface area contributed by atoms with Crippen LogP contribution in [-0.4, -0.2) is 33.1 Å². The fourth-order valence-corrected chi connectivity index (χ4v) is 2.89. The van der Waals surface area contributed by atoms with Crippen molar-refractivity contribution in [3.05, 3.63) is 64.2 Å². The Labute approximate surface area is 163 Å². The Morgan fingerprint density at radius 3 is 2.41 bits per heavy atom. The quantitative estimate of drug-likeness (QED) is 0.414. The molecule has 0 aliphatic carbocycles. The fraction of sp³-hybridized carbons (Fsp3) is 0. The average molecular weight is 403 g/mol. The number of hydrogen-bond acceptors (Lipinski definition) is 5. The standard InChI is InChI=1S/C18H11ClN2O5S/c19-13-8-9(1-6-14(13)22)7-12-15(23)20-18(27)21(16(12)24)11-4-2-10(3-5-11)17(25)26/h1-8,22H,(H,25,26)(H,20,23,27)/b12-7+. The normalized spacial score (nSPS) is 15.8. The fourth-order valence-electron chi connectivity index (χ4n) is 2.42. The number of halogens is 1. The number of carboxylic acid groups (broad SMARTS) is 1. The topological polar surface area (TPSA) is 107 Å². The number of carboxylic acids is 1. The summed E-state index contributed by atoms with van der Waals surface area (Å²) in [6.07, 6.45) is 1.32. The molecule has 0 spiro atoms. The molecule has 1 saturated heterocycles. The summed E-state index contributed by atoms with van der Waals surface area (Å²) in [4.78, 5) is 37.1. The third-order valence-electron chi connectivity index (χ3n) is 3.76. The van der Waals surface area contributed by atoms with Crippen molar-refractivity contribution in [1.29, 1.82) is 0 Å². The van der Waals surface area contributed by atoms with Gasteiger partial charge in [-0.05, 0) is 60.3 Å². The van der Waals surface area contributed by atoms with Gasteiger partial charge in [0.1, 0.15) is 11.3 Å². The second kappa shape index (κ2) is 7.18. The van der Waals surface area contributed by atoms with Crippen LogP contribution in [0.3, 0.4) is 0 Å². The van der Waals surface area contributed by atoms with Gasteiger partial charge in [0.25, 0.3) is 11.8 Å². The van der Waals surface area contributed by atoms with Gasteiger partial charge in [0.05, 0.1) is 16.3 Å². The van der Waals surface area contributed by atoms with E-state index in [2.05, 4.69) is 5.32 Å². The van der Waals surface area contributed by atoms with Crippen LogP contribution in [0.2, 0.25) is 5.02 Å². The summed E-state index contributed by atoms with van der Waals surface area (Å²) in [5.41, 5.74) is 0.607. The number of nitrogens with zero attached hydrogens (tertiary/aromatic N) is 1. The summed E-state index contributed by atoms with van der Waals surface area (Å²) >= 11 is 10.9. The van der Waals surface area contributed by atoms with Gasteiger partial charge in [-0.25, -0.2) is 4.79 Å². The van der Waals surface area contributed by atoms with Gasteiger partial charge in [-0.1, -0.05) is 17.7 Å². The van der Waals surface area contributed by atoms with E-state index in [1.165, 1.54) is 48.5 Å². The number of benzene rings is 2. The molecule has 1 aliphatic heterocycles. The number of rotatable bonds is 3. The largest absolute Gasteiger partial charge is 0.506 e. The number of anilines is 1. The Morgan fingerprint density at radius 1 is 1.15 bits per heavy atom. The summed E-state index contributed by atoms with van der Waals surface area (Å²) in [7, 11) is 0. The first kappa shape index (κ1) is 18.6. The first-order chi connectivity index (χ1) is 12.8. The van der Waals surface area contributed by atoms with Crippen molar-refractivity contribution in [2.75, 3.05) is 4.90 Å². The van der Waals surface area contributed by atoms with Crippen molar-refractivity contribution in [2.45, 2.75) is 0 Å². The monoisotopic (exact) mass is 402 g/mol. The summed E-state index contributed by atoms with van der Waals surface area (Å²) < 4.78 is 0. The third kappa shape index (κ3) is 3.67. The molecule has 27 heavy (non-hydrogen) atoms. The Balaban J connectivity index is 1.99. The molecule has 2 aromatic carbocycles. The highest BCUT2D eigenvalue weighted by atomic mass is 35.5. The Kier molecular flexibility index (Phi) is 4.93. The van der Waals surface area contributed by atoms with E-state index in [9.17, 15) is 19.5 Å². The minimum atomic E-state index is -1.10. The predicted molar refractivity (Wildman–Crippen MR) is 103 cm³/mol. The molecule has 0 atom stereocenters. The number of amides is 2. The van der Waals surface area contributed by atoms with Gasteiger partial charge >= 0.3 is 5.97 Å². The van der Waals surface area contributed by atoms with Crippen LogP contribution < -0.4 is 10.2 Å². The second-order valence-corrected chi connectivity index (χ2v) is 6.31. The molecule has 2 aromatic rings. The van der Waals surface area contributed by atoms with Crippen LogP contribution in [0.15, 0.2) is 48.0 Å². The molecule has 2 amide bonds. The van der Waals surface area contributed by atoms with E-state index in [1.54, 1.807) is 0 Å². The molecule has 9 heteroatoms. The Bertz CT molecular complexity index is 1020. The van der Waals surface area contributed by atoms with E-state index < -0.39 is 17.8 Å². The molecule has 3 N–H and O–H groups in total. The number of phenolic OH excluding ortho intramolecular Hbond substituents is 1. The maximum Gasteiger partial charge on any atom is 0.335 e. The first-order valence-electron chi connectivity index (χ1n) is 7.51. The number of aromatic hydroxyl groups is 1. The lowest BCUT2D eigenvalue weighted by atomic mass is 10.1. The molecule has 0 radical (unpaired) electrons. The molecule has 0 bridgehead atoms. The van der Waals surface area contributed by atoms with E-state index >= 15 is 0 Å². The third-order valence-corrected chi connectivity index (χ3v) is 4.34. The van der Waals surface area contributed by atoms with E-state index in [4.69, 9.17) is 28.9 Å². The highest BCUT2D eigenvalue weighted by Crippen LogP contribution is 2.26. The zero-order chi connectivity index (χ0) is 19.7. The lowest BCUT2D eigenvalue weighted by Crippen LogP contribution is -2.54. The van der Waals surface area contributed by atoms with Crippen molar-refractivity contribution in [3.63, 3.8) is 0 Å². The zero-order valence-corrected chi connectivity index (χ0v) is 15.0. The molecule has 1 heterocycles. The lowest BCUT2D eigenvalue weighted by molar-refractivity contribution is -0.122. The number of carbonyl (C=O) groups is 3. The smallest absolute Gasteiger partial charge is 0.335 e. The molecule has 1 fully saturated rings. The van der Waals surface area contributed by atoms with Crippen molar-refractivity contribution < 1.29 is 24.6 Å². The van der Waals surface area contributed by atoms with E-state index in [0.29, 0.717) is 11.3 Å². The van der Waals surface area contributed by atoms with Crippen LogP contribution in [0.5, 0.6) is 5.75 Å². The van der Waals surface area contributed by atoms with Gasteiger partial charge in [-0.2, -0.15) is 0 Å². The SMILES string of the molecule is O=C1NC(=S)N(c2ccc(C(=O)O)cc2)C(=O)/C1=C/c1ccc(O)c(Cl)c1. The summed E-state index contributed by atoms with van der Waals surface area (Å²) in [5.74, 6) is -2.57. The predicted octanol–water partition coefficient (Wildman–Crippen LogP) is 2.58. The van der Waals surface area contributed by atoms with Crippen LogP contribution in [-0.2, 0) is 9.59 Å². The number of nitrogens with one attached hydrogen (secondary N) is 1. The van der Waals surface area contributed by atoms with E-state index in [1.807, 2.05) is 0 Å². The van der Waals surface area contributed by atoms with Crippen LogP contribution in [0.25, 0.3) is 6.08 Å². The lowest BCUT2D eigenvalue weighted by Gasteiger charge is -2.29. The van der Waals surface area contributed by atoms with E-state index in [-0.39, 0.29) is 27.0 Å². The Hall–Kier alpha value is -3.23. The van der Waals surface area contributed by atoms with Gasteiger partial charge in [0, 0.05) is 0 Å². The van der Waals surface area contributed by atoms with Crippen LogP contribution in [0.4, 0.5) is 5.69 Å². The van der Waals surface area contributed by atoms with Crippen molar-refractivity contribution in [1.82, 2.24) is 5.32 Å².